The van der Waals surface area contributed by atoms with Crippen LogP contribution in [0.4, 0.5) is 0 Å². The molecule has 0 radical (unpaired) electrons. The standard InChI is InChI=1S/C44H82N2O5/c1-3-5-7-9-11-13-14-15-16-17-18-19-20-22-28-32-38-43(48)51-40(34-29-25-21-12-10-8-6-4-2)35-30-26-23-24-27-31-37-42(47)46-41(44(49)50)36-33-39-45/h16-17,29,34,40-41H,3-15,18-28,30-33,35-39,45H2,1-2H3,(H,46,47)(H,49,50)/b17-16-,34-29-. The van der Waals surface area contributed by atoms with Crippen LogP contribution in [-0.4, -0.2) is 41.6 Å². The van der Waals surface area contributed by atoms with Crippen molar-refractivity contribution in [1.29, 1.82) is 0 Å². The molecular weight excluding hydrogens is 636 g/mol. The van der Waals surface area contributed by atoms with Crippen molar-refractivity contribution in [2.75, 3.05) is 6.54 Å². The molecule has 0 bridgehead atoms. The topological polar surface area (TPSA) is 119 Å². The lowest BCUT2D eigenvalue weighted by Crippen LogP contribution is -2.40. The third-order valence-corrected chi connectivity index (χ3v) is 9.72. The number of esters is 1. The number of amides is 1. The highest BCUT2D eigenvalue weighted by atomic mass is 16.5. The maximum atomic E-state index is 12.7. The summed E-state index contributed by atoms with van der Waals surface area (Å²) in [5, 5.41) is 11.9. The Morgan fingerprint density at radius 3 is 1.53 bits per heavy atom. The fourth-order valence-corrected chi connectivity index (χ4v) is 6.41. The van der Waals surface area contributed by atoms with E-state index in [0.29, 0.717) is 32.2 Å². The van der Waals surface area contributed by atoms with Crippen molar-refractivity contribution in [2.45, 2.75) is 231 Å². The molecule has 51 heavy (non-hydrogen) atoms. The van der Waals surface area contributed by atoms with Crippen LogP contribution in [-0.2, 0) is 19.1 Å². The Morgan fingerprint density at radius 1 is 0.569 bits per heavy atom. The SMILES string of the molecule is CCCCCCCC/C=C\C(CCCCCCCCC(=O)NC(CCCN)C(=O)O)OC(=O)CCCCCCC/C=C\CCCCCCCCC. The van der Waals surface area contributed by atoms with Gasteiger partial charge in [-0.1, -0.05) is 148 Å². The second-order valence-corrected chi connectivity index (χ2v) is 14.7. The molecule has 0 aromatic heterocycles. The minimum Gasteiger partial charge on any atom is -0.480 e. The van der Waals surface area contributed by atoms with Crippen LogP contribution in [0.1, 0.15) is 219 Å². The monoisotopic (exact) mass is 719 g/mol. The Bertz CT molecular complexity index is 858. The molecular formula is C44H82N2O5. The smallest absolute Gasteiger partial charge is 0.326 e. The van der Waals surface area contributed by atoms with Crippen LogP contribution in [0, 0.1) is 0 Å². The highest BCUT2D eigenvalue weighted by molar-refractivity contribution is 5.83. The van der Waals surface area contributed by atoms with Crippen molar-refractivity contribution in [3.63, 3.8) is 0 Å². The second-order valence-electron chi connectivity index (χ2n) is 14.7. The summed E-state index contributed by atoms with van der Waals surface area (Å²) >= 11 is 0. The number of hydrogen-bond donors (Lipinski definition) is 3. The molecule has 0 aliphatic carbocycles. The number of nitrogens with two attached hydrogens (primary N) is 1. The molecule has 7 heteroatoms. The van der Waals surface area contributed by atoms with Crippen LogP contribution in [0.15, 0.2) is 24.3 Å². The summed E-state index contributed by atoms with van der Waals surface area (Å²) in [6.07, 6.45) is 43.8. The van der Waals surface area contributed by atoms with Crippen LogP contribution >= 0.6 is 0 Å². The maximum Gasteiger partial charge on any atom is 0.326 e. The number of nitrogens with one attached hydrogen (secondary N) is 1. The molecule has 0 aromatic carbocycles. The second kappa shape index (κ2) is 39.1. The predicted octanol–water partition coefficient (Wildman–Crippen LogP) is 12.1. The largest absolute Gasteiger partial charge is 0.480 e. The van der Waals surface area contributed by atoms with E-state index in [4.69, 9.17) is 10.5 Å². The fraction of sp³-hybridized carbons (Fsp3) is 0.841. The van der Waals surface area contributed by atoms with Gasteiger partial charge < -0.3 is 20.9 Å². The number of aliphatic carboxylic acids is 1. The first kappa shape index (κ1) is 48.9. The lowest BCUT2D eigenvalue weighted by Gasteiger charge is -2.15. The van der Waals surface area contributed by atoms with Crippen LogP contribution < -0.4 is 11.1 Å². The van der Waals surface area contributed by atoms with Gasteiger partial charge in [0.1, 0.15) is 12.1 Å². The molecule has 1 amide bonds. The summed E-state index contributed by atoms with van der Waals surface area (Å²) in [5.74, 6) is -1.27. The van der Waals surface area contributed by atoms with Gasteiger partial charge in [-0.05, 0) is 89.7 Å². The molecule has 0 spiro atoms. The van der Waals surface area contributed by atoms with Crippen molar-refractivity contribution in [3.05, 3.63) is 24.3 Å². The normalized spacial score (nSPS) is 12.8. The first-order chi connectivity index (χ1) is 24.9. The maximum absolute atomic E-state index is 12.7. The highest BCUT2D eigenvalue weighted by Crippen LogP contribution is 2.16. The highest BCUT2D eigenvalue weighted by Gasteiger charge is 2.18. The van der Waals surface area contributed by atoms with Gasteiger partial charge in [0, 0.05) is 12.8 Å². The van der Waals surface area contributed by atoms with Gasteiger partial charge >= 0.3 is 11.9 Å². The number of carboxylic acid groups (broad SMARTS) is 1. The lowest BCUT2D eigenvalue weighted by atomic mass is 10.0. The zero-order chi connectivity index (χ0) is 37.5. The van der Waals surface area contributed by atoms with Gasteiger partial charge in [-0.15, -0.1) is 0 Å². The summed E-state index contributed by atoms with van der Waals surface area (Å²) in [7, 11) is 0. The fourth-order valence-electron chi connectivity index (χ4n) is 6.41. The van der Waals surface area contributed by atoms with Gasteiger partial charge in [-0.3, -0.25) is 9.59 Å². The van der Waals surface area contributed by atoms with E-state index in [1.165, 1.54) is 116 Å². The molecule has 0 heterocycles. The van der Waals surface area contributed by atoms with Gasteiger partial charge in [0.15, 0.2) is 0 Å². The molecule has 0 aliphatic rings. The van der Waals surface area contributed by atoms with E-state index < -0.39 is 12.0 Å². The molecule has 0 saturated carbocycles. The Morgan fingerprint density at radius 2 is 1.02 bits per heavy atom. The van der Waals surface area contributed by atoms with Crippen LogP contribution in [0.5, 0.6) is 0 Å². The summed E-state index contributed by atoms with van der Waals surface area (Å²) in [5.41, 5.74) is 5.47. The van der Waals surface area contributed by atoms with E-state index in [9.17, 15) is 19.5 Å². The predicted molar refractivity (Wildman–Crippen MR) is 216 cm³/mol. The molecule has 0 aromatic rings. The van der Waals surface area contributed by atoms with Crippen molar-refractivity contribution >= 4 is 17.8 Å². The number of ether oxygens (including phenoxy) is 1. The summed E-state index contributed by atoms with van der Waals surface area (Å²) in [6.45, 7) is 4.93. The molecule has 298 valence electrons. The Balaban J connectivity index is 4.23. The number of unbranched alkanes of at least 4 members (excludes halogenated alkanes) is 23. The minimum absolute atomic E-state index is 0.0658. The van der Waals surface area contributed by atoms with E-state index in [1.807, 2.05) is 0 Å². The summed E-state index contributed by atoms with van der Waals surface area (Å²) in [6, 6.07) is -0.852. The quantitative estimate of drug-likeness (QED) is 0.0331. The molecule has 2 unspecified atom stereocenters. The van der Waals surface area contributed by atoms with Gasteiger partial charge in [0.05, 0.1) is 0 Å². The van der Waals surface area contributed by atoms with E-state index in [0.717, 1.165) is 64.2 Å². The Kier molecular flexibility index (Phi) is 37.4. The molecule has 0 saturated heterocycles. The minimum atomic E-state index is -1.00. The Hall–Kier alpha value is -2.15. The lowest BCUT2D eigenvalue weighted by molar-refractivity contribution is -0.147. The number of carbonyl (C=O) groups excluding carboxylic acids is 2. The van der Waals surface area contributed by atoms with Crippen molar-refractivity contribution in [2.24, 2.45) is 5.73 Å². The number of rotatable bonds is 39. The average Bonchev–Trinajstić information content (AvgIpc) is 3.11. The van der Waals surface area contributed by atoms with Gasteiger partial charge in [-0.2, -0.15) is 0 Å². The number of hydrogen-bond acceptors (Lipinski definition) is 5. The van der Waals surface area contributed by atoms with Crippen molar-refractivity contribution in [3.8, 4) is 0 Å². The van der Waals surface area contributed by atoms with E-state index in [2.05, 4.69) is 43.5 Å². The van der Waals surface area contributed by atoms with E-state index >= 15 is 0 Å². The zero-order valence-corrected chi connectivity index (χ0v) is 33.5. The molecule has 0 fully saturated rings. The van der Waals surface area contributed by atoms with Gasteiger partial charge in [-0.25, -0.2) is 4.79 Å². The molecule has 4 N–H and O–H groups in total. The van der Waals surface area contributed by atoms with Crippen LogP contribution in [0.25, 0.3) is 0 Å². The molecule has 7 nitrogen and oxygen atoms in total. The number of carboxylic acids is 1. The first-order valence-corrected chi connectivity index (χ1v) is 21.7. The van der Waals surface area contributed by atoms with Gasteiger partial charge in [0.2, 0.25) is 5.91 Å². The van der Waals surface area contributed by atoms with Crippen LogP contribution in [0.2, 0.25) is 0 Å². The van der Waals surface area contributed by atoms with Gasteiger partial charge in [0.25, 0.3) is 0 Å². The van der Waals surface area contributed by atoms with Crippen LogP contribution in [0.3, 0.4) is 0 Å². The number of allylic oxidation sites excluding steroid dienone is 3. The first-order valence-electron chi connectivity index (χ1n) is 21.7. The third kappa shape index (κ3) is 36.0. The molecule has 0 aliphatic heterocycles. The molecule has 0 rings (SSSR count). The Labute approximate surface area is 314 Å². The molecule has 2 atom stereocenters. The third-order valence-electron chi connectivity index (χ3n) is 9.72. The number of carbonyl (C=O) groups is 3. The van der Waals surface area contributed by atoms with Crippen molar-refractivity contribution in [1.82, 2.24) is 5.32 Å². The zero-order valence-electron chi connectivity index (χ0n) is 33.5. The summed E-state index contributed by atoms with van der Waals surface area (Å²) in [4.78, 5) is 36.2. The van der Waals surface area contributed by atoms with Crippen molar-refractivity contribution < 1.29 is 24.2 Å². The average molecular weight is 719 g/mol. The van der Waals surface area contributed by atoms with E-state index in [1.54, 1.807) is 0 Å². The van der Waals surface area contributed by atoms with E-state index in [-0.39, 0.29) is 18.0 Å². The summed E-state index contributed by atoms with van der Waals surface area (Å²) < 4.78 is 5.95.